The predicted molar refractivity (Wildman–Crippen MR) is 35.8 cm³/mol. The van der Waals surface area contributed by atoms with E-state index in [-0.39, 0.29) is 0 Å². The molecule has 0 fully saturated rings. The average molecular weight is 161 g/mol. The molecule has 0 spiro atoms. The van der Waals surface area contributed by atoms with E-state index in [2.05, 4.69) is 0 Å². The summed E-state index contributed by atoms with van der Waals surface area (Å²) in [4.78, 5) is 19.3. The SMILES string of the molecule is CN(C)C(=C[N+](=O)[O-])[N+](=O)[O-]. The minimum atomic E-state index is -0.863. The van der Waals surface area contributed by atoms with Crippen molar-refractivity contribution in [3.8, 4) is 0 Å². The smallest absolute Gasteiger partial charge is 0.358 e. The molecule has 0 aliphatic heterocycles. The number of hydrogen-bond acceptors (Lipinski definition) is 5. The summed E-state index contributed by atoms with van der Waals surface area (Å²) in [6.07, 6.45) is 0.347. The van der Waals surface area contributed by atoms with Gasteiger partial charge in [0, 0.05) is 0 Å². The van der Waals surface area contributed by atoms with Gasteiger partial charge in [-0.3, -0.25) is 15.0 Å². The van der Waals surface area contributed by atoms with Crippen LogP contribution in [0.5, 0.6) is 0 Å². The van der Waals surface area contributed by atoms with Gasteiger partial charge in [-0.05, 0) is 4.92 Å². The number of hydrogen-bond donors (Lipinski definition) is 0. The van der Waals surface area contributed by atoms with E-state index in [4.69, 9.17) is 0 Å². The van der Waals surface area contributed by atoms with Gasteiger partial charge < -0.3 is 10.1 Å². The summed E-state index contributed by atoms with van der Waals surface area (Å²) in [5.41, 5.74) is 0. The summed E-state index contributed by atoms with van der Waals surface area (Å²) < 4.78 is 0. The van der Waals surface area contributed by atoms with Gasteiger partial charge in [0.25, 0.3) is 0 Å². The summed E-state index contributed by atoms with van der Waals surface area (Å²) in [5, 5.41) is 19.9. The Hall–Kier alpha value is -1.66. The maximum Gasteiger partial charge on any atom is 0.388 e. The van der Waals surface area contributed by atoms with Gasteiger partial charge in [-0.1, -0.05) is 0 Å². The Morgan fingerprint density at radius 2 is 1.82 bits per heavy atom. The van der Waals surface area contributed by atoms with Crippen molar-refractivity contribution in [1.82, 2.24) is 4.90 Å². The monoisotopic (exact) mass is 161 g/mol. The van der Waals surface area contributed by atoms with Crippen molar-refractivity contribution in [1.29, 1.82) is 0 Å². The summed E-state index contributed by atoms with van der Waals surface area (Å²) in [6, 6.07) is 0. The van der Waals surface area contributed by atoms with Crippen molar-refractivity contribution >= 4 is 0 Å². The fourth-order valence-corrected chi connectivity index (χ4v) is 0.420. The van der Waals surface area contributed by atoms with E-state index in [0.29, 0.717) is 6.20 Å². The van der Waals surface area contributed by atoms with Crippen molar-refractivity contribution < 1.29 is 9.85 Å². The van der Waals surface area contributed by atoms with Gasteiger partial charge in [0.05, 0.1) is 19.0 Å². The summed E-state index contributed by atoms with van der Waals surface area (Å²) in [6.45, 7) is 0. The average Bonchev–Trinajstić information content (AvgIpc) is 1.81. The summed E-state index contributed by atoms with van der Waals surface area (Å²) >= 11 is 0. The summed E-state index contributed by atoms with van der Waals surface area (Å²) in [5.74, 6) is -0.546. The fraction of sp³-hybridized carbons (Fsp3) is 0.500. The Bertz CT molecular complexity index is 209. The van der Waals surface area contributed by atoms with Crippen LogP contribution in [0.3, 0.4) is 0 Å². The molecule has 0 N–H and O–H groups in total. The molecule has 62 valence electrons. The van der Waals surface area contributed by atoms with Gasteiger partial charge >= 0.3 is 12.0 Å². The maximum atomic E-state index is 10.1. The molecule has 0 atom stereocenters. The number of nitrogens with zero attached hydrogens (tertiary/aromatic N) is 3. The quantitative estimate of drug-likeness (QED) is 0.425. The van der Waals surface area contributed by atoms with Crippen LogP contribution in [0.4, 0.5) is 0 Å². The third kappa shape index (κ3) is 3.14. The molecule has 0 unspecified atom stereocenters. The second kappa shape index (κ2) is 3.49. The second-order valence-corrected chi connectivity index (χ2v) is 1.92. The van der Waals surface area contributed by atoms with Crippen LogP contribution in [-0.4, -0.2) is 28.8 Å². The van der Waals surface area contributed by atoms with Crippen LogP contribution >= 0.6 is 0 Å². The highest BCUT2D eigenvalue weighted by Gasteiger charge is 2.16. The lowest BCUT2D eigenvalue weighted by atomic mass is 10.7. The Kier molecular flexibility index (Phi) is 2.97. The van der Waals surface area contributed by atoms with Crippen LogP contribution in [-0.2, 0) is 0 Å². The zero-order valence-electron chi connectivity index (χ0n) is 6.05. The molecule has 0 bridgehead atoms. The largest absolute Gasteiger partial charge is 0.388 e. The van der Waals surface area contributed by atoms with Crippen molar-refractivity contribution in [3.63, 3.8) is 0 Å². The van der Waals surface area contributed by atoms with Crippen LogP contribution in [0.25, 0.3) is 0 Å². The molecule has 0 rings (SSSR count). The lowest BCUT2D eigenvalue weighted by Gasteiger charge is -2.03. The fourth-order valence-electron chi connectivity index (χ4n) is 0.420. The van der Waals surface area contributed by atoms with Crippen molar-refractivity contribution in [2.75, 3.05) is 14.1 Å². The molecule has 0 saturated heterocycles. The standard InChI is InChI=1S/C4H7N3O4/c1-5(2)4(7(10)11)3-6(8)9/h3H,1-2H3. The van der Waals surface area contributed by atoms with E-state index < -0.39 is 15.7 Å². The van der Waals surface area contributed by atoms with Gasteiger partial charge in [0.1, 0.15) is 0 Å². The highest BCUT2D eigenvalue weighted by Crippen LogP contribution is 1.97. The Morgan fingerprint density at radius 1 is 1.36 bits per heavy atom. The molecular weight excluding hydrogens is 154 g/mol. The Morgan fingerprint density at radius 3 is 1.91 bits per heavy atom. The lowest BCUT2D eigenvalue weighted by Crippen LogP contribution is -2.19. The topological polar surface area (TPSA) is 89.5 Å². The molecule has 7 nitrogen and oxygen atoms in total. The normalized spacial score (nSPS) is 10.9. The van der Waals surface area contributed by atoms with E-state index in [1.807, 2.05) is 0 Å². The molecule has 0 saturated carbocycles. The van der Waals surface area contributed by atoms with E-state index in [1.165, 1.54) is 14.1 Å². The molecule has 0 aliphatic rings. The van der Waals surface area contributed by atoms with Crippen molar-refractivity contribution in [3.05, 3.63) is 32.2 Å². The molecule has 0 aromatic carbocycles. The third-order valence-electron chi connectivity index (χ3n) is 0.866. The molecule has 0 aliphatic carbocycles. The van der Waals surface area contributed by atoms with Crippen LogP contribution in [0.2, 0.25) is 0 Å². The highest BCUT2D eigenvalue weighted by molar-refractivity contribution is 4.81. The zero-order valence-corrected chi connectivity index (χ0v) is 6.05. The van der Waals surface area contributed by atoms with Gasteiger partial charge in [-0.15, -0.1) is 0 Å². The molecular formula is C4H7N3O4. The van der Waals surface area contributed by atoms with Crippen LogP contribution in [0, 0.1) is 20.2 Å². The van der Waals surface area contributed by atoms with Crippen molar-refractivity contribution in [2.24, 2.45) is 0 Å². The lowest BCUT2D eigenvalue weighted by molar-refractivity contribution is -0.472. The first-order valence-electron chi connectivity index (χ1n) is 2.62. The molecule has 0 amide bonds. The second-order valence-electron chi connectivity index (χ2n) is 1.92. The van der Waals surface area contributed by atoms with Gasteiger partial charge in [0.15, 0.2) is 0 Å². The van der Waals surface area contributed by atoms with E-state index >= 15 is 0 Å². The molecule has 0 aromatic heterocycles. The first kappa shape index (κ1) is 9.34. The molecule has 0 radical (unpaired) electrons. The van der Waals surface area contributed by atoms with Gasteiger partial charge in [-0.25, -0.2) is 0 Å². The van der Waals surface area contributed by atoms with E-state index in [0.717, 1.165) is 4.90 Å². The van der Waals surface area contributed by atoms with Crippen molar-refractivity contribution in [2.45, 2.75) is 0 Å². The first-order chi connectivity index (χ1) is 4.95. The zero-order chi connectivity index (χ0) is 9.02. The minimum absolute atomic E-state index is 0.347. The number of nitro groups is 2. The molecule has 0 aromatic rings. The van der Waals surface area contributed by atoms with E-state index in [9.17, 15) is 20.2 Å². The minimum Gasteiger partial charge on any atom is -0.358 e. The molecule has 11 heavy (non-hydrogen) atoms. The van der Waals surface area contributed by atoms with Gasteiger partial charge in [0.2, 0.25) is 0 Å². The highest BCUT2D eigenvalue weighted by atomic mass is 16.6. The maximum absolute atomic E-state index is 10.1. The first-order valence-corrected chi connectivity index (χ1v) is 2.62. The number of rotatable bonds is 3. The summed E-state index contributed by atoms with van der Waals surface area (Å²) in [7, 11) is 2.72. The third-order valence-corrected chi connectivity index (χ3v) is 0.866. The molecule has 0 heterocycles. The van der Waals surface area contributed by atoms with Gasteiger partial charge in [-0.2, -0.15) is 0 Å². The molecule has 7 heteroatoms. The predicted octanol–water partition coefficient (Wildman–Crippen LogP) is -0.0997. The van der Waals surface area contributed by atoms with Crippen LogP contribution < -0.4 is 0 Å². The van der Waals surface area contributed by atoms with Crippen LogP contribution in [0.1, 0.15) is 0 Å². The Balaban J connectivity index is 4.60. The Labute approximate surface area is 62.2 Å². The van der Waals surface area contributed by atoms with E-state index in [1.54, 1.807) is 0 Å². The van der Waals surface area contributed by atoms with Crippen LogP contribution in [0.15, 0.2) is 12.0 Å².